The van der Waals surface area contributed by atoms with Gasteiger partial charge in [0.15, 0.2) is 5.65 Å². The molecule has 58 valence electrons. The third kappa shape index (κ3) is 1.31. The number of halogens is 1. The lowest BCUT2D eigenvalue weighted by Gasteiger charge is -1.87. The molecule has 0 radical (unpaired) electrons. The Kier molecular flexibility index (Phi) is 2.35. The smallest absolute Gasteiger partial charge is 0.181 e. The van der Waals surface area contributed by atoms with Gasteiger partial charge in [-0.15, -0.1) is 0 Å². The average Bonchev–Trinajstić information content (AvgIpc) is 2.36. The summed E-state index contributed by atoms with van der Waals surface area (Å²) in [5, 5.41) is 0. The molecule has 5 nitrogen and oxygen atoms in total. The van der Waals surface area contributed by atoms with Crippen LogP contribution in [0.3, 0.4) is 0 Å². The zero-order valence-corrected chi connectivity index (χ0v) is 7.53. The van der Waals surface area contributed by atoms with Gasteiger partial charge < -0.3 is 10.5 Å². The highest BCUT2D eigenvalue weighted by Crippen LogP contribution is 2.10. The topological polar surface area (TPSA) is 86.0 Å². The van der Waals surface area contributed by atoms with E-state index in [2.05, 4.69) is 42.5 Å². The minimum absolute atomic E-state index is 0. The molecule has 2 aromatic rings. The Bertz CT molecular complexity index is 360. The van der Waals surface area contributed by atoms with Gasteiger partial charge in [0.1, 0.15) is 15.5 Å². The maximum absolute atomic E-state index is 3.98. The third-order valence-electron chi connectivity index (χ3n) is 1.18. The van der Waals surface area contributed by atoms with E-state index < -0.39 is 0 Å². The molecule has 0 bridgehead atoms. The van der Waals surface area contributed by atoms with E-state index >= 15 is 0 Å². The Morgan fingerprint density at radius 2 is 2.09 bits per heavy atom. The van der Waals surface area contributed by atoms with Crippen molar-refractivity contribution in [1.29, 1.82) is 0 Å². The van der Waals surface area contributed by atoms with Gasteiger partial charge in [-0.1, -0.05) is 0 Å². The summed E-state index contributed by atoms with van der Waals surface area (Å²) in [5.74, 6) is 0. The first-order valence-electron chi connectivity index (χ1n) is 2.67. The van der Waals surface area contributed by atoms with Crippen LogP contribution in [0, 0.1) is 3.70 Å². The van der Waals surface area contributed by atoms with Crippen LogP contribution >= 0.6 is 22.6 Å². The Hall–Kier alpha value is -0.760. The molecular weight excluding hydrogens is 259 g/mol. The highest BCUT2D eigenvalue weighted by atomic mass is 127. The maximum atomic E-state index is 3.98. The minimum atomic E-state index is 0. The largest absolute Gasteiger partial charge is 0.412 e. The summed E-state index contributed by atoms with van der Waals surface area (Å²) in [6, 6.07) is 0. The van der Waals surface area contributed by atoms with Crippen molar-refractivity contribution in [2.24, 2.45) is 0 Å². The molecule has 0 aliphatic heterocycles. The van der Waals surface area contributed by atoms with Crippen LogP contribution in [0.4, 0.5) is 0 Å². The molecule has 0 aliphatic carbocycles. The summed E-state index contributed by atoms with van der Waals surface area (Å²) >= 11 is 2.13. The molecule has 0 atom stereocenters. The second-order valence-electron chi connectivity index (χ2n) is 1.77. The van der Waals surface area contributed by atoms with Crippen molar-refractivity contribution in [1.82, 2.24) is 19.9 Å². The lowest BCUT2D eigenvalue weighted by molar-refractivity contribution is 0.824. The van der Waals surface area contributed by atoms with Crippen LogP contribution in [0.2, 0.25) is 0 Å². The summed E-state index contributed by atoms with van der Waals surface area (Å²) in [6.45, 7) is 0. The number of nitrogens with one attached hydrogen (secondary N) is 1. The first-order valence-corrected chi connectivity index (χ1v) is 3.75. The number of aromatic nitrogens is 4. The van der Waals surface area contributed by atoms with Gasteiger partial charge in [0.2, 0.25) is 0 Å². The van der Waals surface area contributed by atoms with E-state index in [1.165, 1.54) is 6.33 Å². The van der Waals surface area contributed by atoms with Gasteiger partial charge >= 0.3 is 0 Å². The van der Waals surface area contributed by atoms with Gasteiger partial charge in [0.05, 0.1) is 6.33 Å². The van der Waals surface area contributed by atoms with Crippen molar-refractivity contribution < 1.29 is 5.48 Å². The van der Waals surface area contributed by atoms with Crippen LogP contribution < -0.4 is 0 Å². The second-order valence-corrected chi connectivity index (χ2v) is 2.79. The van der Waals surface area contributed by atoms with Crippen molar-refractivity contribution in [2.75, 3.05) is 0 Å². The molecule has 6 heteroatoms. The van der Waals surface area contributed by atoms with Crippen molar-refractivity contribution in [3.63, 3.8) is 0 Å². The first kappa shape index (κ1) is 8.34. The molecule has 11 heavy (non-hydrogen) atoms. The van der Waals surface area contributed by atoms with Crippen LogP contribution in [0.1, 0.15) is 0 Å². The third-order valence-corrected chi connectivity index (χ3v) is 1.99. The average molecular weight is 264 g/mol. The normalized spacial score (nSPS) is 9.55. The second kappa shape index (κ2) is 3.09. The lowest BCUT2D eigenvalue weighted by atomic mass is 10.6. The predicted octanol–water partition coefficient (Wildman–Crippen LogP) is 0.133. The summed E-state index contributed by atoms with van der Waals surface area (Å²) in [6.07, 6.45) is 3.12. The fraction of sp³-hybridized carbons (Fsp3) is 0. The number of imidazole rings is 1. The minimum Gasteiger partial charge on any atom is -0.412 e. The van der Waals surface area contributed by atoms with Crippen LogP contribution in [0.5, 0.6) is 0 Å². The standard InChI is InChI=1S/C5H3IN4.H2O/c6-4-3-5(9-1-7-3)10-2-8-4;/h1-2H,(H,7,8,9,10);1H2. The summed E-state index contributed by atoms with van der Waals surface area (Å²) in [7, 11) is 0. The number of hydrogen-bond acceptors (Lipinski definition) is 3. The van der Waals surface area contributed by atoms with E-state index in [-0.39, 0.29) is 5.48 Å². The number of nitrogens with zero attached hydrogens (tertiary/aromatic N) is 3. The molecule has 2 rings (SSSR count). The van der Waals surface area contributed by atoms with Gasteiger partial charge in [-0.05, 0) is 22.6 Å². The number of rotatable bonds is 0. The molecule has 0 aromatic carbocycles. The molecule has 0 unspecified atom stereocenters. The molecule has 3 N–H and O–H groups in total. The first-order chi connectivity index (χ1) is 4.88. The van der Waals surface area contributed by atoms with Gasteiger partial charge in [-0.3, -0.25) is 0 Å². The van der Waals surface area contributed by atoms with Crippen LogP contribution in [0.15, 0.2) is 12.7 Å². The fourth-order valence-corrected chi connectivity index (χ4v) is 1.26. The Morgan fingerprint density at radius 1 is 1.27 bits per heavy atom. The number of hydrogen-bond donors (Lipinski definition) is 1. The quantitative estimate of drug-likeness (QED) is 0.542. The number of H-pyrrole nitrogens is 1. The molecule has 0 spiro atoms. The van der Waals surface area contributed by atoms with Gasteiger partial charge in [0.25, 0.3) is 0 Å². The molecule has 0 amide bonds. The van der Waals surface area contributed by atoms with E-state index in [0.717, 1.165) is 14.9 Å². The number of aromatic amines is 1. The molecule has 0 saturated carbocycles. The molecule has 2 heterocycles. The van der Waals surface area contributed by atoms with Crippen LogP contribution in [0.25, 0.3) is 11.2 Å². The van der Waals surface area contributed by atoms with Gasteiger partial charge in [0, 0.05) is 0 Å². The summed E-state index contributed by atoms with van der Waals surface area (Å²) in [5.41, 5.74) is 1.63. The number of fused-ring (bicyclic) bond motifs is 1. The Balaban J connectivity index is 0.000000605. The van der Waals surface area contributed by atoms with Crippen molar-refractivity contribution in [2.45, 2.75) is 0 Å². The van der Waals surface area contributed by atoms with E-state index in [1.54, 1.807) is 6.33 Å². The van der Waals surface area contributed by atoms with Crippen molar-refractivity contribution in [3.8, 4) is 0 Å². The molecular formula is C5H5IN4O. The van der Waals surface area contributed by atoms with E-state index in [0.29, 0.717) is 0 Å². The van der Waals surface area contributed by atoms with Crippen LogP contribution in [-0.2, 0) is 0 Å². The fourth-order valence-electron chi connectivity index (χ4n) is 0.736. The van der Waals surface area contributed by atoms with Crippen molar-refractivity contribution in [3.05, 3.63) is 16.4 Å². The highest BCUT2D eigenvalue weighted by Gasteiger charge is 1.99. The SMILES string of the molecule is Ic1ncnc2nc[nH]c12.O. The maximum Gasteiger partial charge on any atom is 0.181 e. The molecule has 0 fully saturated rings. The Morgan fingerprint density at radius 3 is 2.82 bits per heavy atom. The predicted molar refractivity (Wildman–Crippen MR) is 48.0 cm³/mol. The molecule has 0 aliphatic rings. The van der Waals surface area contributed by atoms with E-state index in [4.69, 9.17) is 0 Å². The summed E-state index contributed by atoms with van der Waals surface area (Å²) < 4.78 is 0.903. The highest BCUT2D eigenvalue weighted by molar-refractivity contribution is 14.1. The van der Waals surface area contributed by atoms with Crippen molar-refractivity contribution >= 4 is 33.8 Å². The molecule has 0 saturated heterocycles. The van der Waals surface area contributed by atoms with E-state index in [1.807, 2.05) is 0 Å². The van der Waals surface area contributed by atoms with E-state index in [9.17, 15) is 0 Å². The van der Waals surface area contributed by atoms with Crippen LogP contribution in [-0.4, -0.2) is 25.4 Å². The van der Waals surface area contributed by atoms with Gasteiger partial charge in [-0.2, -0.15) is 0 Å². The lowest BCUT2D eigenvalue weighted by Crippen LogP contribution is -1.84. The monoisotopic (exact) mass is 264 g/mol. The zero-order chi connectivity index (χ0) is 6.97. The molecule has 2 aromatic heterocycles. The Labute approximate surface area is 75.7 Å². The summed E-state index contributed by atoms with van der Waals surface area (Å²) in [4.78, 5) is 14.8. The zero-order valence-electron chi connectivity index (χ0n) is 5.37. The van der Waals surface area contributed by atoms with Gasteiger partial charge in [-0.25, -0.2) is 15.0 Å².